The van der Waals surface area contributed by atoms with Crippen molar-refractivity contribution in [1.29, 1.82) is 0 Å². The number of piperidine rings is 1. The van der Waals surface area contributed by atoms with Crippen LogP contribution < -0.4 is 5.32 Å². The fraction of sp³-hybridized carbons (Fsp3) is 0.750. The Balaban J connectivity index is 1.91. The molecule has 5 heteroatoms. The Morgan fingerprint density at radius 2 is 2.05 bits per heavy atom. The first-order chi connectivity index (χ1) is 9.91. The second kappa shape index (κ2) is 6.60. The van der Waals surface area contributed by atoms with E-state index in [0.717, 1.165) is 38.4 Å². The minimum Gasteiger partial charge on any atom is -0.339 e. The van der Waals surface area contributed by atoms with Gasteiger partial charge in [0.2, 0.25) is 0 Å². The van der Waals surface area contributed by atoms with E-state index in [4.69, 9.17) is 0 Å². The van der Waals surface area contributed by atoms with Gasteiger partial charge in [-0.25, -0.2) is 0 Å². The number of carbonyl (C=O) groups is 1. The zero-order valence-corrected chi connectivity index (χ0v) is 13.7. The summed E-state index contributed by atoms with van der Waals surface area (Å²) in [6.45, 7) is 9.06. The summed E-state index contributed by atoms with van der Waals surface area (Å²) in [5, 5.41) is 7.52. The Kier molecular flexibility index (Phi) is 5.04. The molecule has 0 spiro atoms. The third kappa shape index (κ3) is 4.06. The number of aromatic nitrogens is 2. The summed E-state index contributed by atoms with van der Waals surface area (Å²) in [6.07, 6.45) is 7.00. The lowest BCUT2D eigenvalue weighted by molar-refractivity contribution is 0.0687. The van der Waals surface area contributed by atoms with E-state index < -0.39 is 0 Å². The van der Waals surface area contributed by atoms with Crippen molar-refractivity contribution >= 4 is 5.91 Å². The molecule has 1 aliphatic rings. The molecule has 0 saturated carbocycles. The van der Waals surface area contributed by atoms with Gasteiger partial charge in [-0.1, -0.05) is 0 Å². The third-order valence-corrected chi connectivity index (χ3v) is 4.22. The van der Waals surface area contributed by atoms with Crippen molar-refractivity contribution in [2.75, 3.05) is 26.7 Å². The highest BCUT2D eigenvalue weighted by Crippen LogP contribution is 2.22. The van der Waals surface area contributed by atoms with E-state index in [0.29, 0.717) is 5.56 Å². The van der Waals surface area contributed by atoms with E-state index in [9.17, 15) is 4.79 Å². The largest absolute Gasteiger partial charge is 0.339 e. The van der Waals surface area contributed by atoms with Gasteiger partial charge in [0.1, 0.15) is 0 Å². The van der Waals surface area contributed by atoms with Gasteiger partial charge in [-0.3, -0.25) is 9.48 Å². The van der Waals surface area contributed by atoms with E-state index in [1.165, 1.54) is 6.42 Å². The summed E-state index contributed by atoms with van der Waals surface area (Å²) in [5.41, 5.74) is 0.622. The molecule has 118 valence electrons. The SMILES string of the molecule is CNCCC1CCN(C(=O)c2cnn(C(C)(C)C)c2)CC1. The monoisotopic (exact) mass is 292 g/mol. The minimum absolute atomic E-state index is 0.0846. The summed E-state index contributed by atoms with van der Waals surface area (Å²) in [5.74, 6) is 0.872. The van der Waals surface area contributed by atoms with Crippen molar-refractivity contribution in [1.82, 2.24) is 20.0 Å². The van der Waals surface area contributed by atoms with Crippen LogP contribution in [0.3, 0.4) is 0 Å². The number of likely N-dealkylation sites (tertiary alicyclic amines) is 1. The number of nitrogens with zero attached hydrogens (tertiary/aromatic N) is 3. The van der Waals surface area contributed by atoms with E-state index in [1.807, 2.05) is 22.8 Å². The summed E-state index contributed by atoms with van der Waals surface area (Å²) in [7, 11) is 1.99. The van der Waals surface area contributed by atoms with Crippen molar-refractivity contribution in [2.24, 2.45) is 5.92 Å². The average molecular weight is 292 g/mol. The first-order valence-electron chi connectivity index (χ1n) is 7.91. The first kappa shape index (κ1) is 16.0. The molecule has 0 aliphatic carbocycles. The summed E-state index contributed by atoms with van der Waals surface area (Å²) >= 11 is 0. The summed E-state index contributed by atoms with van der Waals surface area (Å²) < 4.78 is 1.86. The molecule has 1 N–H and O–H groups in total. The second-order valence-electron chi connectivity index (χ2n) is 6.97. The van der Waals surface area contributed by atoms with Gasteiger partial charge in [-0.15, -0.1) is 0 Å². The molecule has 0 unspecified atom stereocenters. The van der Waals surface area contributed by atoms with E-state index >= 15 is 0 Å². The number of hydrogen-bond acceptors (Lipinski definition) is 3. The highest BCUT2D eigenvalue weighted by atomic mass is 16.2. The van der Waals surface area contributed by atoms with Gasteiger partial charge in [0, 0.05) is 19.3 Å². The lowest BCUT2D eigenvalue weighted by Gasteiger charge is -2.31. The molecule has 1 aromatic heterocycles. The molecule has 2 heterocycles. The Bertz CT molecular complexity index is 467. The third-order valence-electron chi connectivity index (χ3n) is 4.22. The molecule has 0 bridgehead atoms. The molecule has 0 aromatic carbocycles. The normalized spacial score (nSPS) is 17.2. The van der Waals surface area contributed by atoms with Crippen molar-refractivity contribution in [3.63, 3.8) is 0 Å². The molecule has 0 atom stereocenters. The summed E-state index contributed by atoms with van der Waals surface area (Å²) in [6, 6.07) is 0. The van der Waals surface area contributed by atoms with Gasteiger partial charge >= 0.3 is 0 Å². The van der Waals surface area contributed by atoms with Crippen LogP contribution in [0.25, 0.3) is 0 Å². The first-order valence-corrected chi connectivity index (χ1v) is 7.91. The maximum Gasteiger partial charge on any atom is 0.257 e. The molecular formula is C16H28N4O. The molecule has 1 fully saturated rings. The van der Waals surface area contributed by atoms with Gasteiger partial charge in [0.15, 0.2) is 0 Å². The highest BCUT2D eigenvalue weighted by molar-refractivity contribution is 5.93. The number of hydrogen-bond donors (Lipinski definition) is 1. The van der Waals surface area contributed by atoms with Crippen molar-refractivity contribution < 1.29 is 4.79 Å². The van der Waals surface area contributed by atoms with E-state index in [-0.39, 0.29) is 11.4 Å². The average Bonchev–Trinajstić information content (AvgIpc) is 2.95. The Morgan fingerprint density at radius 3 is 2.57 bits per heavy atom. The smallest absolute Gasteiger partial charge is 0.257 e. The molecule has 1 aromatic rings. The van der Waals surface area contributed by atoms with E-state index in [1.54, 1.807) is 6.20 Å². The lowest BCUT2D eigenvalue weighted by Crippen LogP contribution is -2.38. The maximum atomic E-state index is 12.5. The maximum absolute atomic E-state index is 12.5. The number of amides is 1. The van der Waals surface area contributed by atoms with Gasteiger partial charge in [-0.05, 0) is 59.5 Å². The zero-order chi connectivity index (χ0) is 15.5. The Morgan fingerprint density at radius 1 is 1.38 bits per heavy atom. The van der Waals surface area contributed by atoms with Crippen LogP contribution >= 0.6 is 0 Å². The van der Waals surface area contributed by atoms with Crippen molar-refractivity contribution in [3.05, 3.63) is 18.0 Å². The van der Waals surface area contributed by atoms with Crippen molar-refractivity contribution in [3.8, 4) is 0 Å². The molecule has 2 rings (SSSR count). The summed E-state index contributed by atoms with van der Waals surface area (Å²) in [4.78, 5) is 14.5. The topological polar surface area (TPSA) is 50.2 Å². The van der Waals surface area contributed by atoms with Gasteiger partial charge in [0.05, 0.1) is 17.3 Å². The standard InChI is InChI=1S/C16H28N4O/c1-16(2,3)20-12-14(11-18-20)15(21)19-9-6-13(7-10-19)5-8-17-4/h11-13,17H,5-10H2,1-4H3. The van der Waals surface area contributed by atoms with Crippen LogP contribution in [-0.4, -0.2) is 47.3 Å². The van der Waals surface area contributed by atoms with E-state index in [2.05, 4.69) is 31.2 Å². The number of rotatable bonds is 4. The van der Waals surface area contributed by atoms with Crippen LogP contribution in [0.5, 0.6) is 0 Å². The fourth-order valence-electron chi connectivity index (χ4n) is 2.76. The van der Waals surface area contributed by atoms with Crippen LogP contribution in [0.2, 0.25) is 0 Å². The fourth-order valence-corrected chi connectivity index (χ4v) is 2.76. The quantitative estimate of drug-likeness (QED) is 0.924. The highest BCUT2D eigenvalue weighted by Gasteiger charge is 2.25. The molecule has 1 saturated heterocycles. The predicted octanol–water partition coefficient (Wildman–Crippen LogP) is 2.10. The van der Waals surface area contributed by atoms with Gasteiger partial charge in [-0.2, -0.15) is 5.10 Å². The van der Waals surface area contributed by atoms with Crippen LogP contribution in [-0.2, 0) is 5.54 Å². The number of carbonyl (C=O) groups excluding carboxylic acids is 1. The molecule has 21 heavy (non-hydrogen) atoms. The second-order valence-corrected chi connectivity index (χ2v) is 6.97. The Labute approximate surface area is 127 Å². The zero-order valence-electron chi connectivity index (χ0n) is 13.7. The molecule has 5 nitrogen and oxygen atoms in total. The van der Waals surface area contributed by atoms with Crippen LogP contribution in [0.15, 0.2) is 12.4 Å². The lowest BCUT2D eigenvalue weighted by atomic mass is 9.93. The van der Waals surface area contributed by atoms with Gasteiger partial charge < -0.3 is 10.2 Å². The molecule has 1 aliphatic heterocycles. The minimum atomic E-state index is -0.0846. The molecule has 1 amide bonds. The number of nitrogens with one attached hydrogen (secondary N) is 1. The van der Waals surface area contributed by atoms with Crippen LogP contribution in [0.4, 0.5) is 0 Å². The van der Waals surface area contributed by atoms with Crippen LogP contribution in [0.1, 0.15) is 50.4 Å². The molecule has 0 radical (unpaired) electrons. The van der Waals surface area contributed by atoms with Crippen LogP contribution in [0, 0.1) is 5.92 Å². The Hall–Kier alpha value is -1.36. The predicted molar refractivity (Wildman–Crippen MR) is 84.4 cm³/mol. The molecular weight excluding hydrogens is 264 g/mol. The van der Waals surface area contributed by atoms with Crippen molar-refractivity contribution in [2.45, 2.75) is 45.6 Å². The van der Waals surface area contributed by atoms with Gasteiger partial charge in [0.25, 0.3) is 5.91 Å².